The van der Waals surface area contributed by atoms with Crippen LogP contribution in [0.2, 0.25) is 0 Å². The highest BCUT2D eigenvalue weighted by atomic mass is 16.5. The van der Waals surface area contributed by atoms with E-state index in [4.69, 9.17) is 4.74 Å². The number of ether oxygens (including phenoxy) is 1. The maximum Gasteiger partial charge on any atom is 0.119 e. The second-order valence-electron chi connectivity index (χ2n) is 6.03. The molecule has 3 rings (SSSR count). The number of fused-ring (bicyclic) bond motifs is 1. The van der Waals surface area contributed by atoms with Gasteiger partial charge in [-0.2, -0.15) is 0 Å². The molecule has 0 saturated carbocycles. The van der Waals surface area contributed by atoms with Crippen molar-refractivity contribution < 1.29 is 9.84 Å². The predicted molar refractivity (Wildman–Crippen MR) is 93.1 cm³/mol. The number of aliphatic hydroxyl groups excluding tert-OH is 1. The number of nitrogens with zero attached hydrogens (tertiary/aromatic N) is 1. The molecule has 0 amide bonds. The molecule has 1 heterocycles. The molecule has 4 nitrogen and oxygen atoms in total. The van der Waals surface area contributed by atoms with Crippen molar-refractivity contribution in [3.8, 4) is 5.75 Å². The fourth-order valence-corrected chi connectivity index (χ4v) is 3.12. The summed E-state index contributed by atoms with van der Waals surface area (Å²) in [6, 6.07) is 14.4. The van der Waals surface area contributed by atoms with Crippen molar-refractivity contribution in [3.05, 3.63) is 59.2 Å². The second-order valence-corrected chi connectivity index (χ2v) is 6.03. The van der Waals surface area contributed by atoms with E-state index in [0.717, 1.165) is 30.8 Å². The smallest absolute Gasteiger partial charge is 0.119 e. The molecule has 1 atom stereocenters. The highest BCUT2D eigenvalue weighted by Crippen LogP contribution is 2.27. The summed E-state index contributed by atoms with van der Waals surface area (Å²) in [5.74, 6) is 0.809. The minimum absolute atomic E-state index is 0.0564. The third-order valence-corrected chi connectivity index (χ3v) is 4.50. The Hall–Kier alpha value is -2.04. The molecule has 0 spiro atoms. The topological polar surface area (TPSA) is 44.7 Å². The Balaban J connectivity index is 1.68. The Morgan fingerprint density at radius 1 is 1.26 bits per heavy atom. The zero-order valence-corrected chi connectivity index (χ0v) is 13.7. The number of anilines is 1. The number of benzene rings is 2. The van der Waals surface area contributed by atoms with Gasteiger partial charge in [-0.3, -0.25) is 0 Å². The van der Waals surface area contributed by atoms with E-state index in [1.54, 1.807) is 7.11 Å². The molecule has 122 valence electrons. The molecule has 1 aliphatic rings. The van der Waals surface area contributed by atoms with Crippen LogP contribution in [0.4, 0.5) is 5.69 Å². The van der Waals surface area contributed by atoms with Crippen LogP contribution in [0.15, 0.2) is 42.5 Å². The Morgan fingerprint density at radius 3 is 2.91 bits per heavy atom. The van der Waals surface area contributed by atoms with Gasteiger partial charge in [0, 0.05) is 25.8 Å². The third-order valence-electron chi connectivity index (χ3n) is 4.50. The van der Waals surface area contributed by atoms with Gasteiger partial charge in [0.1, 0.15) is 5.75 Å². The normalized spacial score (nSPS) is 14.7. The molecule has 0 bridgehead atoms. The van der Waals surface area contributed by atoms with Gasteiger partial charge in [-0.15, -0.1) is 0 Å². The molecule has 2 aromatic rings. The van der Waals surface area contributed by atoms with Crippen LogP contribution in [0.1, 0.15) is 22.7 Å². The number of likely N-dealkylation sites (N-methyl/N-ethyl adjacent to an activating group) is 1. The SMILES string of the molecule is COc1cccc(C(CO)NCc2ccc3c(c2)CCN3C)c1. The molecule has 0 saturated heterocycles. The minimum Gasteiger partial charge on any atom is -0.497 e. The molecule has 0 fully saturated rings. The standard InChI is InChI=1S/C19H24N2O2/c1-21-9-8-16-10-14(6-7-19(16)21)12-20-18(13-22)15-4-3-5-17(11-15)23-2/h3-7,10-11,18,20,22H,8-9,12-13H2,1-2H3. The highest BCUT2D eigenvalue weighted by Gasteiger charge is 2.16. The fourth-order valence-electron chi connectivity index (χ4n) is 3.12. The van der Waals surface area contributed by atoms with Crippen LogP contribution in [-0.2, 0) is 13.0 Å². The maximum absolute atomic E-state index is 9.70. The molecule has 2 aromatic carbocycles. The molecule has 0 aromatic heterocycles. The first-order valence-electron chi connectivity index (χ1n) is 8.02. The van der Waals surface area contributed by atoms with Crippen LogP contribution >= 0.6 is 0 Å². The van der Waals surface area contributed by atoms with Crippen LogP contribution in [0.3, 0.4) is 0 Å². The van der Waals surface area contributed by atoms with Crippen molar-refractivity contribution in [1.82, 2.24) is 5.32 Å². The number of aliphatic hydroxyl groups is 1. The van der Waals surface area contributed by atoms with Crippen LogP contribution < -0.4 is 15.0 Å². The lowest BCUT2D eigenvalue weighted by Gasteiger charge is -2.18. The first-order chi connectivity index (χ1) is 11.2. The van der Waals surface area contributed by atoms with Gasteiger partial charge in [0.2, 0.25) is 0 Å². The maximum atomic E-state index is 9.70. The Labute approximate surface area is 137 Å². The van der Waals surface area contributed by atoms with E-state index in [0.29, 0.717) is 0 Å². The lowest BCUT2D eigenvalue weighted by Crippen LogP contribution is -2.24. The first kappa shape index (κ1) is 15.8. The largest absolute Gasteiger partial charge is 0.497 e. The number of hydrogen-bond donors (Lipinski definition) is 2. The molecule has 23 heavy (non-hydrogen) atoms. The summed E-state index contributed by atoms with van der Waals surface area (Å²) in [5, 5.41) is 13.1. The molecule has 4 heteroatoms. The van der Waals surface area contributed by atoms with Crippen molar-refractivity contribution in [2.45, 2.75) is 19.0 Å². The minimum atomic E-state index is -0.0963. The van der Waals surface area contributed by atoms with E-state index < -0.39 is 0 Å². The van der Waals surface area contributed by atoms with Crippen LogP contribution in [0, 0.1) is 0 Å². The molecule has 2 N–H and O–H groups in total. The average molecular weight is 312 g/mol. The van der Waals surface area contributed by atoms with Gasteiger partial charge in [0.05, 0.1) is 19.8 Å². The van der Waals surface area contributed by atoms with Gasteiger partial charge < -0.3 is 20.1 Å². The van der Waals surface area contributed by atoms with Crippen molar-refractivity contribution in [2.75, 3.05) is 32.2 Å². The van der Waals surface area contributed by atoms with E-state index in [1.165, 1.54) is 16.8 Å². The monoisotopic (exact) mass is 312 g/mol. The van der Waals surface area contributed by atoms with E-state index in [9.17, 15) is 5.11 Å². The van der Waals surface area contributed by atoms with Crippen molar-refractivity contribution in [2.24, 2.45) is 0 Å². The molecule has 0 radical (unpaired) electrons. The van der Waals surface area contributed by atoms with Gasteiger partial charge in [0.25, 0.3) is 0 Å². The average Bonchev–Trinajstić information content (AvgIpc) is 2.96. The number of nitrogens with one attached hydrogen (secondary N) is 1. The van der Waals surface area contributed by atoms with E-state index in [-0.39, 0.29) is 12.6 Å². The zero-order chi connectivity index (χ0) is 16.2. The zero-order valence-electron chi connectivity index (χ0n) is 13.7. The Morgan fingerprint density at radius 2 is 2.13 bits per heavy atom. The quantitative estimate of drug-likeness (QED) is 0.860. The Kier molecular flexibility index (Phi) is 4.84. The van der Waals surface area contributed by atoms with Crippen LogP contribution in [0.25, 0.3) is 0 Å². The summed E-state index contributed by atoms with van der Waals surface area (Å²) in [4.78, 5) is 2.29. The number of methoxy groups -OCH3 is 1. The molecular weight excluding hydrogens is 288 g/mol. The summed E-state index contributed by atoms with van der Waals surface area (Å²) in [5.41, 5.74) is 5.03. The molecule has 1 aliphatic heterocycles. The number of hydrogen-bond acceptors (Lipinski definition) is 4. The van der Waals surface area contributed by atoms with Gasteiger partial charge in [-0.25, -0.2) is 0 Å². The van der Waals surface area contributed by atoms with Crippen LogP contribution in [0.5, 0.6) is 5.75 Å². The fraction of sp³-hybridized carbons (Fsp3) is 0.368. The van der Waals surface area contributed by atoms with E-state index in [2.05, 4.69) is 35.5 Å². The summed E-state index contributed by atoms with van der Waals surface area (Å²) < 4.78 is 5.26. The molecule has 0 aliphatic carbocycles. The summed E-state index contributed by atoms with van der Waals surface area (Å²) in [6.07, 6.45) is 1.11. The van der Waals surface area contributed by atoms with Crippen molar-refractivity contribution >= 4 is 5.69 Å². The van der Waals surface area contributed by atoms with Crippen molar-refractivity contribution in [1.29, 1.82) is 0 Å². The third kappa shape index (κ3) is 3.49. The van der Waals surface area contributed by atoms with Crippen LogP contribution in [-0.4, -0.2) is 32.4 Å². The first-order valence-corrected chi connectivity index (χ1v) is 8.02. The van der Waals surface area contributed by atoms with Gasteiger partial charge in [-0.05, 0) is 41.3 Å². The number of rotatable bonds is 6. The van der Waals surface area contributed by atoms with Gasteiger partial charge in [0.15, 0.2) is 0 Å². The summed E-state index contributed by atoms with van der Waals surface area (Å²) >= 11 is 0. The van der Waals surface area contributed by atoms with Gasteiger partial charge in [-0.1, -0.05) is 24.3 Å². The van der Waals surface area contributed by atoms with E-state index >= 15 is 0 Å². The lowest BCUT2D eigenvalue weighted by atomic mass is 10.1. The molecular formula is C19H24N2O2. The van der Waals surface area contributed by atoms with E-state index in [1.807, 2.05) is 24.3 Å². The predicted octanol–water partition coefficient (Wildman–Crippen LogP) is 2.51. The van der Waals surface area contributed by atoms with Gasteiger partial charge >= 0.3 is 0 Å². The van der Waals surface area contributed by atoms with Crippen molar-refractivity contribution in [3.63, 3.8) is 0 Å². The second kappa shape index (κ2) is 7.02. The lowest BCUT2D eigenvalue weighted by molar-refractivity contribution is 0.243. The Bertz CT molecular complexity index is 672. The summed E-state index contributed by atoms with van der Waals surface area (Å²) in [7, 11) is 3.79. The summed E-state index contributed by atoms with van der Waals surface area (Å²) in [6.45, 7) is 1.88. The molecule has 1 unspecified atom stereocenters. The highest BCUT2D eigenvalue weighted by molar-refractivity contribution is 5.58.